The van der Waals surface area contributed by atoms with Crippen molar-refractivity contribution in [2.45, 2.75) is 13.8 Å². The Bertz CT molecular complexity index is 683. The minimum absolute atomic E-state index is 0.136. The summed E-state index contributed by atoms with van der Waals surface area (Å²) in [6.45, 7) is 4.15. The summed E-state index contributed by atoms with van der Waals surface area (Å²) in [6, 6.07) is 10.9. The van der Waals surface area contributed by atoms with Crippen molar-refractivity contribution < 1.29 is 14.3 Å². The number of hydrogen-bond acceptors (Lipinski definition) is 3. The molecule has 2 aromatic rings. The first kappa shape index (κ1) is 17.6. The predicted octanol–water partition coefficient (Wildman–Crippen LogP) is 4.83. The van der Waals surface area contributed by atoms with Gasteiger partial charge in [0.1, 0.15) is 11.5 Å². The molecule has 0 radical (unpaired) electrons. The van der Waals surface area contributed by atoms with E-state index in [1.165, 1.54) is 0 Å². The Labute approximate surface area is 148 Å². The Balaban J connectivity index is 2.01. The fraction of sp³-hybridized carbons (Fsp3) is 0.235. The van der Waals surface area contributed by atoms with Gasteiger partial charge in [-0.25, -0.2) is 0 Å². The van der Waals surface area contributed by atoms with E-state index in [1.54, 1.807) is 18.2 Å². The van der Waals surface area contributed by atoms with Gasteiger partial charge < -0.3 is 14.8 Å². The van der Waals surface area contributed by atoms with Crippen molar-refractivity contribution in [2.75, 3.05) is 18.5 Å². The molecule has 6 heteroatoms. The molecule has 0 aliphatic heterocycles. The van der Waals surface area contributed by atoms with Crippen molar-refractivity contribution in [3.63, 3.8) is 0 Å². The quantitative estimate of drug-likeness (QED) is 0.758. The van der Waals surface area contributed by atoms with Gasteiger partial charge in [0.05, 0.1) is 17.3 Å². The summed E-state index contributed by atoms with van der Waals surface area (Å²) in [5, 5.41) is 3.23. The van der Waals surface area contributed by atoms with Crippen molar-refractivity contribution in [3.05, 3.63) is 51.5 Å². The molecule has 23 heavy (non-hydrogen) atoms. The number of amides is 1. The van der Waals surface area contributed by atoms with Crippen LogP contribution in [-0.2, 0) is 4.79 Å². The first-order chi connectivity index (χ1) is 11.0. The van der Waals surface area contributed by atoms with Crippen LogP contribution in [0.1, 0.15) is 12.5 Å². The fourth-order valence-electron chi connectivity index (χ4n) is 2.05. The van der Waals surface area contributed by atoms with Crippen LogP contribution in [0.5, 0.6) is 11.5 Å². The van der Waals surface area contributed by atoms with Gasteiger partial charge in [0, 0.05) is 4.47 Å². The van der Waals surface area contributed by atoms with Gasteiger partial charge >= 0.3 is 0 Å². The third-order valence-electron chi connectivity index (χ3n) is 3.00. The SMILES string of the molecule is CCOc1ccccc1NC(=O)COc1c(C)cc(Br)cc1Cl. The smallest absolute Gasteiger partial charge is 0.262 e. The van der Waals surface area contributed by atoms with E-state index in [0.29, 0.717) is 28.8 Å². The van der Waals surface area contributed by atoms with Crippen LogP contribution in [0.2, 0.25) is 5.02 Å². The zero-order valence-corrected chi connectivity index (χ0v) is 15.2. The average Bonchev–Trinajstić information content (AvgIpc) is 2.48. The number of aryl methyl sites for hydroxylation is 1. The lowest BCUT2D eigenvalue weighted by Gasteiger charge is -2.13. The molecular formula is C17H17BrClNO3. The van der Waals surface area contributed by atoms with Gasteiger partial charge in [-0.15, -0.1) is 0 Å². The molecule has 0 bridgehead atoms. The zero-order chi connectivity index (χ0) is 16.8. The Hall–Kier alpha value is -1.72. The highest BCUT2D eigenvalue weighted by molar-refractivity contribution is 9.10. The summed E-state index contributed by atoms with van der Waals surface area (Å²) in [7, 11) is 0. The van der Waals surface area contributed by atoms with Crippen LogP contribution < -0.4 is 14.8 Å². The highest BCUT2D eigenvalue weighted by atomic mass is 79.9. The molecule has 1 N–H and O–H groups in total. The standard InChI is InChI=1S/C17H17BrClNO3/c1-3-22-15-7-5-4-6-14(15)20-16(21)10-23-17-11(2)8-12(18)9-13(17)19/h4-9H,3,10H2,1-2H3,(H,20,21). The topological polar surface area (TPSA) is 47.6 Å². The average molecular weight is 399 g/mol. The van der Waals surface area contributed by atoms with E-state index in [4.69, 9.17) is 21.1 Å². The van der Waals surface area contributed by atoms with Gasteiger partial charge in [0.2, 0.25) is 0 Å². The van der Waals surface area contributed by atoms with Gasteiger partial charge in [0.25, 0.3) is 5.91 Å². The highest BCUT2D eigenvalue weighted by Gasteiger charge is 2.11. The van der Waals surface area contributed by atoms with E-state index in [-0.39, 0.29) is 12.5 Å². The lowest BCUT2D eigenvalue weighted by atomic mass is 10.2. The molecule has 0 heterocycles. The molecule has 0 spiro atoms. The number of para-hydroxylation sites is 2. The number of nitrogens with one attached hydrogen (secondary N) is 1. The molecule has 0 aromatic heterocycles. The number of rotatable bonds is 6. The third-order valence-corrected chi connectivity index (χ3v) is 3.74. The molecule has 122 valence electrons. The van der Waals surface area contributed by atoms with Gasteiger partial charge in [-0.05, 0) is 43.7 Å². The van der Waals surface area contributed by atoms with Crippen molar-refractivity contribution in [1.29, 1.82) is 0 Å². The number of anilines is 1. The van der Waals surface area contributed by atoms with E-state index in [2.05, 4.69) is 21.2 Å². The molecule has 0 aliphatic carbocycles. The summed E-state index contributed by atoms with van der Waals surface area (Å²) >= 11 is 9.50. The molecule has 0 saturated heterocycles. The minimum atomic E-state index is -0.282. The molecule has 0 unspecified atom stereocenters. The van der Waals surface area contributed by atoms with E-state index in [0.717, 1.165) is 10.0 Å². The number of carbonyl (C=O) groups is 1. The highest BCUT2D eigenvalue weighted by Crippen LogP contribution is 2.32. The van der Waals surface area contributed by atoms with Gasteiger partial charge in [-0.2, -0.15) is 0 Å². The maximum absolute atomic E-state index is 12.1. The van der Waals surface area contributed by atoms with Crippen LogP contribution in [-0.4, -0.2) is 19.1 Å². The molecule has 2 aromatic carbocycles. The number of hydrogen-bond donors (Lipinski definition) is 1. The van der Waals surface area contributed by atoms with Crippen LogP contribution in [0.15, 0.2) is 40.9 Å². The molecule has 0 fully saturated rings. The summed E-state index contributed by atoms with van der Waals surface area (Å²) < 4.78 is 11.9. The first-order valence-electron chi connectivity index (χ1n) is 7.11. The number of benzene rings is 2. The van der Waals surface area contributed by atoms with Crippen LogP contribution in [0.4, 0.5) is 5.69 Å². The second-order valence-corrected chi connectivity index (χ2v) is 6.12. The van der Waals surface area contributed by atoms with E-state index in [9.17, 15) is 4.79 Å². The fourth-order valence-corrected chi connectivity index (χ4v) is 3.07. The lowest BCUT2D eigenvalue weighted by molar-refractivity contribution is -0.118. The van der Waals surface area contributed by atoms with Crippen LogP contribution in [0, 0.1) is 6.92 Å². The van der Waals surface area contributed by atoms with Gasteiger partial charge in [0.15, 0.2) is 6.61 Å². The van der Waals surface area contributed by atoms with Crippen molar-refractivity contribution in [2.24, 2.45) is 0 Å². The van der Waals surface area contributed by atoms with Crippen LogP contribution >= 0.6 is 27.5 Å². The molecule has 0 atom stereocenters. The van der Waals surface area contributed by atoms with Crippen molar-refractivity contribution >= 4 is 39.1 Å². The molecule has 2 rings (SSSR count). The van der Waals surface area contributed by atoms with Crippen LogP contribution in [0.3, 0.4) is 0 Å². The summed E-state index contributed by atoms with van der Waals surface area (Å²) in [4.78, 5) is 12.1. The summed E-state index contributed by atoms with van der Waals surface area (Å²) in [5.74, 6) is 0.847. The largest absolute Gasteiger partial charge is 0.492 e. The molecule has 4 nitrogen and oxygen atoms in total. The number of carbonyl (C=O) groups excluding carboxylic acids is 1. The second kappa shape index (κ2) is 8.22. The molecular weight excluding hydrogens is 382 g/mol. The Morgan fingerprint density at radius 3 is 2.70 bits per heavy atom. The monoisotopic (exact) mass is 397 g/mol. The van der Waals surface area contributed by atoms with Crippen LogP contribution in [0.25, 0.3) is 0 Å². The van der Waals surface area contributed by atoms with E-state index >= 15 is 0 Å². The maximum atomic E-state index is 12.1. The Morgan fingerprint density at radius 1 is 1.26 bits per heavy atom. The van der Waals surface area contributed by atoms with E-state index < -0.39 is 0 Å². The third kappa shape index (κ3) is 4.88. The van der Waals surface area contributed by atoms with Crippen molar-refractivity contribution in [1.82, 2.24) is 0 Å². The molecule has 0 aliphatic rings. The zero-order valence-electron chi connectivity index (χ0n) is 12.9. The van der Waals surface area contributed by atoms with Gasteiger partial charge in [-0.3, -0.25) is 4.79 Å². The first-order valence-corrected chi connectivity index (χ1v) is 8.28. The predicted molar refractivity (Wildman–Crippen MR) is 95.6 cm³/mol. The second-order valence-electron chi connectivity index (χ2n) is 4.80. The van der Waals surface area contributed by atoms with Gasteiger partial charge in [-0.1, -0.05) is 39.7 Å². The molecule has 0 saturated carbocycles. The summed E-state index contributed by atoms with van der Waals surface area (Å²) in [6.07, 6.45) is 0. The van der Waals surface area contributed by atoms with E-state index in [1.807, 2.05) is 32.0 Å². The number of ether oxygens (including phenoxy) is 2. The minimum Gasteiger partial charge on any atom is -0.492 e. The lowest BCUT2D eigenvalue weighted by Crippen LogP contribution is -2.21. The Kier molecular flexibility index (Phi) is 6.30. The Morgan fingerprint density at radius 2 is 2.00 bits per heavy atom. The normalized spacial score (nSPS) is 10.3. The molecule has 1 amide bonds. The number of halogens is 2. The summed E-state index contributed by atoms with van der Waals surface area (Å²) in [5.41, 5.74) is 1.47. The maximum Gasteiger partial charge on any atom is 0.262 e. The van der Waals surface area contributed by atoms with Crippen molar-refractivity contribution in [3.8, 4) is 11.5 Å².